The zero-order chi connectivity index (χ0) is 9.68. The van der Waals surface area contributed by atoms with E-state index in [-0.39, 0.29) is 0 Å². The number of anilines is 1. The van der Waals surface area contributed by atoms with E-state index in [0.29, 0.717) is 0 Å². The normalized spacial score (nSPS) is 10.1. The molecule has 1 aromatic rings. The first-order chi connectivity index (χ1) is 6.25. The third kappa shape index (κ3) is 2.92. The Morgan fingerprint density at radius 1 is 1.46 bits per heavy atom. The van der Waals surface area contributed by atoms with Crippen LogP contribution >= 0.6 is 12.6 Å². The Balaban J connectivity index is 2.78. The molecule has 0 amide bonds. The van der Waals surface area contributed by atoms with Crippen molar-refractivity contribution in [2.45, 2.75) is 12.8 Å². The average Bonchev–Trinajstić information content (AvgIpc) is 2.15. The molecule has 0 fully saturated rings. The molecule has 0 spiro atoms. The Bertz CT molecular complexity index is 261. The molecule has 0 saturated heterocycles. The smallest absolute Gasteiger partial charge is 0.131 e. The molecule has 0 N–H and O–H groups in total. The molecule has 2 nitrogen and oxygen atoms in total. The van der Waals surface area contributed by atoms with E-state index in [0.717, 1.165) is 24.4 Å². The van der Waals surface area contributed by atoms with Crippen molar-refractivity contribution in [2.24, 2.45) is 0 Å². The monoisotopic (exact) mass is 196 g/mol. The van der Waals surface area contributed by atoms with E-state index in [2.05, 4.69) is 23.7 Å². The van der Waals surface area contributed by atoms with Crippen LogP contribution in [0.25, 0.3) is 0 Å². The molecule has 0 aromatic carbocycles. The summed E-state index contributed by atoms with van der Waals surface area (Å²) in [6.45, 7) is 0. The first-order valence-corrected chi connectivity index (χ1v) is 5.11. The molecule has 72 valence electrons. The number of hydrogen-bond acceptors (Lipinski definition) is 3. The highest BCUT2D eigenvalue weighted by Gasteiger charge is 2.03. The lowest BCUT2D eigenvalue weighted by molar-refractivity contribution is 0.910. The quantitative estimate of drug-likeness (QED) is 0.742. The number of rotatable bonds is 4. The summed E-state index contributed by atoms with van der Waals surface area (Å²) in [5, 5.41) is 0. The van der Waals surface area contributed by atoms with Crippen LogP contribution < -0.4 is 4.90 Å². The van der Waals surface area contributed by atoms with E-state index in [9.17, 15) is 0 Å². The third-order valence-electron chi connectivity index (χ3n) is 1.90. The molecule has 0 unspecified atom stereocenters. The Kier molecular flexibility index (Phi) is 4.09. The van der Waals surface area contributed by atoms with E-state index < -0.39 is 0 Å². The molecule has 1 rings (SSSR count). The van der Waals surface area contributed by atoms with Crippen LogP contribution in [0.5, 0.6) is 0 Å². The molecule has 0 aliphatic heterocycles. The van der Waals surface area contributed by atoms with Crippen molar-refractivity contribution in [3.63, 3.8) is 0 Å². The van der Waals surface area contributed by atoms with Gasteiger partial charge in [0.2, 0.25) is 0 Å². The maximum absolute atomic E-state index is 4.33. The van der Waals surface area contributed by atoms with Crippen LogP contribution in [0.4, 0.5) is 5.82 Å². The molecule has 0 aliphatic rings. The van der Waals surface area contributed by atoms with Gasteiger partial charge in [-0.2, -0.15) is 12.6 Å². The standard InChI is InChI=1S/C10H16N2S/c1-12(2)10-9(6-4-8-13)5-3-7-11-10/h3,5,7,13H,4,6,8H2,1-2H3. The van der Waals surface area contributed by atoms with Crippen molar-refractivity contribution in [1.82, 2.24) is 4.98 Å². The van der Waals surface area contributed by atoms with Crippen molar-refractivity contribution >= 4 is 18.4 Å². The Labute approximate surface area is 85.4 Å². The van der Waals surface area contributed by atoms with Crippen molar-refractivity contribution in [1.29, 1.82) is 0 Å². The van der Waals surface area contributed by atoms with Gasteiger partial charge in [0.05, 0.1) is 0 Å². The Morgan fingerprint density at radius 2 is 2.23 bits per heavy atom. The number of aromatic nitrogens is 1. The molecule has 0 aliphatic carbocycles. The SMILES string of the molecule is CN(C)c1ncccc1CCCS. The Hall–Kier alpha value is -0.700. The maximum Gasteiger partial charge on any atom is 0.131 e. The number of pyridine rings is 1. The molecular formula is C10H16N2S. The fraction of sp³-hybridized carbons (Fsp3) is 0.500. The van der Waals surface area contributed by atoms with E-state index in [1.165, 1.54) is 5.56 Å². The van der Waals surface area contributed by atoms with Gasteiger partial charge in [-0.25, -0.2) is 4.98 Å². The second-order valence-corrected chi connectivity index (χ2v) is 3.65. The largest absolute Gasteiger partial charge is 0.363 e. The lowest BCUT2D eigenvalue weighted by Crippen LogP contribution is -2.13. The zero-order valence-electron chi connectivity index (χ0n) is 8.20. The number of thiol groups is 1. The highest BCUT2D eigenvalue weighted by Crippen LogP contribution is 2.16. The summed E-state index contributed by atoms with van der Waals surface area (Å²) in [4.78, 5) is 6.38. The van der Waals surface area contributed by atoms with Gasteiger partial charge in [0.25, 0.3) is 0 Å². The minimum atomic E-state index is 0.932. The van der Waals surface area contributed by atoms with Gasteiger partial charge >= 0.3 is 0 Å². The molecule has 1 heterocycles. The van der Waals surface area contributed by atoms with Crippen molar-refractivity contribution in [3.8, 4) is 0 Å². The van der Waals surface area contributed by atoms with Crippen molar-refractivity contribution in [3.05, 3.63) is 23.9 Å². The molecular weight excluding hydrogens is 180 g/mol. The van der Waals surface area contributed by atoms with Gasteiger partial charge in [-0.05, 0) is 30.2 Å². The van der Waals surface area contributed by atoms with Gasteiger partial charge in [-0.1, -0.05) is 6.07 Å². The third-order valence-corrected chi connectivity index (χ3v) is 2.21. The molecule has 13 heavy (non-hydrogen) atoms. The average molecular weight is 196 g/mol. The number of aryl methyl sites for hydroxylation is 1. The summed E-state index contributed by atoms with van der Waals surface area (Å²) < 4.78 is 0. The van der Waals surface area contributed by atoms with Crippen LogP contribution in [0.3, 0.4) is 0 Å². The molecule has 0 saturated carbocycles. The topological polar surface area (TPSA) is 16.1 Å². The van der Waals surface area contributed by atoms with Gasteiger partial charge in [-0.15, -0.1) is 0 Å². The van der Waals surface area contributed by atoms with Gasteiger partial charge in [-0.3, -0.25) is 0 Å². The van der Waals surface area contributed by atoms with Crippen molar-refractivity contribution < 1.29 is 0 Å². The minimum Gasteiger partial charge on any atom is -0.363 e. The first-order valence-electron chi connectivity index (χ1n) is 4.47. The van der Waals surface area contributed by atoms with E-state index >= 15 is 0 Å². The predicted octanol–water partition coefficient (Wildman–Crippen LogP) is 2.01. The van der Waals surface area contributed by atoms with Crippen molar-refractivity contribution in [2.75, 3.05) is 24.7 Å². The lowest BCUT2D eigenvalue weighted by Gasteiger charge is -2.15. The van der Waals surface area contributed by atoms with E-state index in [1.54, 1.807) is 0 Å². The molecule has 0 atom stereocenters. The summed E-state index contributed by atoms with van der Waals surface area (Å²) in [6, 6.07) is 4.12. The molecule has 3 heteroatoms. The maximum atomic E-state index is 4.33. The van der Waals surface area contributed by atoms with E-state index in [1.807, 2.05) is 31.3 Å². The number of hydrogen-bond donors (Lipinski definition) is 1. The van der Waals surface area contributed by atoms with Crippen LogP contribution in [-0.4, -0.2) is 24.8 Å². The van der Waals surface area contributed by atoms with Crippen LogP contribution in [0.15, 0.2) is 18.3 Å². The fourth-order valence-electron chi connectivity index (χ4n) is 1.30. The second kappa shape index (κ2) is 5.12. The lowest BCUT2D eigenvalue weighted by atomic mass is 10.1. The van der Waals surface area contributed by atoms with Crippen LogP contribution in [0.2, 0.25) is 0 Å². The van der Waals surface area contributed by atoms with Gasteiger partial charge in [0, 0.05) is 20.3 Å². The highest BCUT2D eigenvalue weighted by atomic mass is 32.1. The zero-order valence-corrected chi connectivity index (χ0v) is 9.09. The summed E-state index contributed by atoms with van der Waals surface area (Å²) in [5.41, 5.74) is 1.31. The molecule has 1 aromatic heterocycles. The summed E-state index contributed by atoms with van der Waals surface area (Å²) in [7, 11) is 4.04. The van der Waals surface area contributed by atoms with Gasteiger partial charge in [0.1, 0.15) is 5.82 Å². The molecule has 0 radical (unpaired) electrons. The van der Waals surface area contributed by atoms with Crippen LogP contribution in [0.1, 0.15) is 12.0 Å². The van der Waals surface area contributed by atoms with Gasteiger partial charge < -0.3 is 4.90 Å². The van der Waals surface area contributed by atoms with Crippen LogP contribution in [0, 0.1) is 0 Å². The molecule has 0 bridgehead atoms. The van der Waals surface area contributed by atoms with E-state index in [4.69, 9.17) is 0 Å². The second-order valence-electron chi connectivity index (χ2n) is 3.21. The summed E-state index contributed by atoms with van der Waals surface area (Å²) in [6.07, 6.45) is 4.00. The van der Waals surface area contributed by atoms with Crippen LogP contribution in [-0.2, 0) is 6.42 Å². The predicted molar refractivity (Wildman–Crippen MR) is 60.7 cm³/mol. The summed E-state index contributed by atoms with van der Waals surface area (Å²) in [5.74, 6) is 2.01. The highest BCUT2D eigenvalue weighted by molar-refractivity contribution is 7.80. The van der Waals surface area contributed by atoms with Gasteiger partial charge in [0.15, 0.2) is 0 Å². The number of nitrogens with zero attached hydrogens (tertiary/aromatic N) is 2. The minimum absolute atomic E-state index is 0.932. The Morgan fingerprint density at radius 3 is 2.85 bits per heavy atom. The fourth-order valence-corrected chi connectivity index (χ4v) is 1.46. The summed E-state index contributed by atoms with van der Waals surface area (Å²) >= 11 is 4.20. The first kappa shape index (κ1) is 10.4.